The summed E-state index contributed by atoms with van der Waals surface area (Å²) in [6, 6.07) is 7.95. The van der Waals surface area contributed by atoms with Gasteiger partial charge in [-0.2, -0.15) is 5.10 Å². The molecule has 0 radical (unpaired) electrons. The van der Waals surface area contributed by atoms with E-state index < -0.39 is 0 Å². The fourth-order valence-electron chi connectivity index (χ4n) is 3.30. The van der Waals surface area contributed by atoms with Crippen LogP contribution in [0.5, 0.6) is 0 Å². The SMILES string of the molecule is O=C(NC1CC1)C1CCN(Cn2ncc3ccccc3c2=O)CC1. The molecule has 1 aromatic carbocycles. The second-order valence-corrected chi connectivity index (χ2v) is 6.85. The number of carbonyl (C=O) groups is 1. The van der Waals surface area contributed by atoms with E-state index in [4.69, 9.17) is 0 Å². The molecule has 2 aliphatic rings. The Morgan fingerprint density at radius 2 is 1.92 bits per heavy atom. The quantitative estimate of drug-likeness (QED) is 0.921. The van der Waals surface area contributed by atoms with Gasteiger partial charge in [0.2, 0.25) is 5.91 Å². The van der Waals surface area contributed by atoms with Crippen LogP contribution in [0.1, 0.15) is 25.7 Å². The Morgan fingerprint density at radius 3 is 2.67 bits per heavy atom. The number of fused-ring (bicyclic) bond motifs is 1. The number of nitrogens with one attached hydrogen (secondary N) is 1. The summed E-state index contributed by atoms with van der Waals surface area (Å²) in [5, 5.41) is 8.95. The van der Waals surface area contributed by atoms with Crippen molar-refractivity contribution >= 4 is 16.7 Å². The molecule has 24 heavy (non-hydrogen) atoms. The number of aromatic nitrogens is 2. The third-order valence-electron chi connectivity index (χ3n) is 4.98. The van der Waals surface area contributed by atoms with Crippen LogP contribution in [-0.4, -0.2) is 39.7 Å². The van der Waals surface area contributed by atoms with Crippen LogP contribution in [-0.2, 0) is 11.5 Å². The molecular weight excluding hydrogens is 304 g/mol. The zero-order valence-electron chi connectivity index (χ0n) is 13.6. The highest BCUT2D eigenvalue weighted by Crippen LogP contribution is 2.22. The molecule has 1 saturated heterocycles. The third kappa shape index (κ3) is 3.19. The summed E-state index contributed by atoms with van der Waals surface area (Å²) in [6.07, 6.45) is 5.69. The molecule has 1 saturated carbocycles. The topological polar surface area (TPSA) is 67.2 Å². The number of carbonyl (C=O) groups excluding carboxylic acids is 1. The Morgan fingerprint density at radius 1 is 1.17 bits per heavy atom. The average molecular weight is 326 g/mol. The Labute approximate surface area is 140 Å². The second kappa shape index (κ2) is 6.36. The standard InChI is InChI=1S/C18H22N4O2/c23-17(20-15-5-6-15)13-7-9-21(10-8-13)12-22-18(24)16-4-2-1-3-14(16)11-19-22/h1-4,11,13,15H,5-10,12H2,(H,20,23). The van der Waals surface area contributed by atoms with Crippen LogP contribution >= 0.6 is 0 Å². The average Bonchev–Trinajstić information content (AvgIpc) is 3.42. The zero-order chi connectivity index (χ0) is 16.5. The number of benzene rings is 1. The number of hydrogen-bond acceptors (Lipinski definition) is 4. The first-order valence-electron chi connectivity index (χ1n) is 8.68. The highest BCUT2D eigenvalue weighted by Gasteiger charge is 2.30. The van der Waals surface area contributed by atoms with Gasteiger partial charge in [0.25, 0.3) is 5.56 Å². The van der Waals surface area contributed by atoms with Gasteiger partial charge < -0.3 is 5.32 Å². The van der Waals surface area contributed by atoms with Crippen LogP contribution in [0.15, 0.2) is 35.3 Å². The fourth-order valence-corrected chi connectivity index (χ4v) is 3.30. The van der Waals surface area contributed by atoms with E-state index in [9.17, 15) is 9.59 Å². The molecule has 2 heterocycles. The van der Waals surface area contributed by atoms with Crippen LogP contribution in [0.25, 0.3) is 10.8 Å². The van der Waals surface area contributed by atoms with E-state index in [-0.39, 0.29) is 17.4 Å². The molecular formula is C18H22N4O2. The molecule has 0 bridgehead atoms. The van der Waals surface area contributed by atoms with Crippen LogP contribution in [0.4, 0.5) is 0 Å². The summed E-state index contributed by atoms with van der Waals surface area (Å²) >= 11 is 0. The maximum absolute atomic E-state index is 12.5. The summed E-state index contributed by atoms with van der Waals surface area (Å²) in [7, 11) is 0. The van der Waals surface area contributed by atoms with Crippen molar-refractivity contribution in [1.82, 2.24) is 20.0 Å². The molecule has 0 atom stereocenters. The van der Waals surface area contributed by atoms with Crippen molar-refractivity contribution in [2.24, 2.45) is 5.92 Å². The van der Waals surface area contributed by atoms with Crippen molar-refractivity contribution in [3.05, 3.63) is 40.8 Å². The van der Waals surface area contributed by atoms with Gasteiger partial charge in [0, 0.05) is 30.4 Å². The number of hydrogen-bond donors (Lipinski definition) is 1. The van der Waals surface area contributed by atoms with Crippen molar-refractivity contribution in [1.29, 1.82) is 0 Å². The molecule has 1 aliphatic heterocycles. The lowest BCUT2D eigenvalue weighted by molar-refractivity contribution is -0.126. The van der Waals surface area contributed by atoms with Gasteiger partial charge >= 0.3 is 0 Å². The van der Waals surface area contributed by atoms with Crippen LogP contribution in [0, 0.1) is 5.92 Å². The minimum absolute atomic E-state index is 0.0540. The fraction of sp³-hybridized carbons (Fsp3) is 0.500. The minimum Gasteiger partial charge on any atom is -0.353 e. The molecule has 2 aromatic rings. The first-order valence-corrected chi connectivity index (χ1v) is 8.68. The van der Waals surface area contributed by atoms with E-state index in [0.29, 0.717) is 18.1 Å². The summed E-state index contributed by atoms with van der Waals surface area (Å²) in [5.74, 6) is 0.321. The summed E-state index contributed by atoms with van der Waals surface area (Å²) in [5.41, 5.74) is -0.0540. The molecule has 1 aliphatic carbocycles. The van der Waals surface area contributed by atoms with E-state index >= 15 is 0 Å². The van der Waals surface area contributed by atoms with E-state index in [2.05, 4.69) is 15.3 Å². The molecule has 1 amide bonds. The highest BCUT2D eigenvalue weighted by atomic mass is 16.2. The van der Waals surface area contributed by atoms with Crippen LogP contribution < -0.4 is 10.9 Å². The van der Waals surface area contributed by atoms with Gasteiger partial charge in [-0.05, 0) is 31.7 Å². The number of rotatable bonds is 4. The van der Waals surface area contributed by atoms with Gasteiger partial charge in [0.05, 0.1) is 18.3 Å². The lowest BCUT2D eigenvalue weighted by Crippen LogP contribution is -2.43. The maximum Gasteiger partial charge on any atom is 0.275 e. The minimum atomic E-state index is -0.0540. The van der Waals surface area contributed by atoms with Gasteiger partial charge in [-0.15, -0.1) is 0 Å². The van der Waals surface area contributed by atoms with Crippen molar-refractivity contribution < 1.29 is 4.79 Å². The summed E-state index contributed by atoms with van der Waals surface area (Å²) in [4.78, 5) is 26.8. The molecule has 126 valence electrons. The first-order chi connectivity index (χ1) is 11.7. The van der Waals surface area contributed by atoms with Crippen molar-refractivity contribution in [2.75, 3.05) is 13.1 Å². The summed E-state index contributed by atoms with van der Waals surface area (Å²) < 4.78 is 1.52. The molecule has 1 N–H and O–H groups in total. The number of likely N-dealkylation sites (tertiary alicyclic amines) is 1. The van der Waals surface area contributed by atoms with Gasteiger partial charge in [0.15, 0.2) is 0 Å². The van der Waals surface area contributed by atoms with Gasteiger partial charge in [-0.3, -0.25) is 14.5 Å². The van der Waals surface area contributed by atoms with E-state index in [0.717, 1.165) is 44.2 Å². The van der Waals surface area contributed by atoms with Gasteiger partial charge in [-0.25, -0.2) is 4.68 Å². The zero-order valence-corrected chi connectivity index (χ0v) is 13.6. The molecule has 1 aromatic heterocycles. The van der Waals surface area contributed by atoms with Crippen molar-refractivity contribution in [3.8, 4) is 0 Å². The third-order valence-corrected chi connectivity index (χ3v) is 4.98. The van der Waals surface area contributed by atoms with Crippen molar-refractivity contribution in [3.63, 3.8) is 0 Å². The van der Waals surface area contributed by atoms with E-state index in [1.807, 2.05) is 24.3 Å². The van der Waals surface area contributed by atoms with Crippen LogP contribution in [0.3, 0.4) is 0 Å². The van der Waals surface area contributed by atoms with E-state index in [1.165, 1.54) is 4.68 Å². The predicted molar refractivity (Wildman–Crippen MR) is 91.5 cm³/mol. The number of nitrogens with zero attached hydrogens (tertiary/aromatic N) is 3. The smallest absolute Gasteiger partial charge is 0.275 e. The Kier molecular flexibility index (Phi) is 4.06. The first kappa shape index (κ1) is 15.3. The molecule has 2 fully saturated rings. The Balaban J connectivity index is 1.39. The van der Waals surface area contributed by atoms with E-state index in [1.54, 1.807) is 6.20 Å². The lowest BCUT2D eigenvalue weighted by atomic mass is 9.96. The molecule has 0 unspecified atom stereocenters. The van der Waals surface area contributed by atoms with Crippen molar-refractivity contribution in [2.45, 2.75) is 38.4 Å². The van der Waals surface area contributed by atoms with Crippen LogP contribution in [0.2, 0.25) is 0 Å². The molecule has 4 rings (SSSR count). The second-order valence-electron chi connectivity index (χ2n) is 6.85. The van der Waals surface area contributed by atoms with Gasteiger partial charge in [-0.1, -0.05) is 18.2 Å². The Bertz CT molecular complexity index is 804. The lowest BCUT2D eigenvalue weighted by Gasteiger charge is -2.31. The largest absolute Gasteiger partial charge is 0.353 e. The Hall–Kier alpha value is -2.21. The number of piperidine rings is 1. The summed E-state index contributed by atoms with van der Waals surface area (Å²) in [6.45, 7) is 2.13. The molecule has 6 nitrogen and oxygen atoms in total. The van der Waals surface area contributed by atoms with Gasteiger partial charge in [0.1, 0.15) is 0 Å². The molecule has 6 heteroatoms. The highest BCUT2D eigenvalue weighted by molar-refractivity contribution is 5.80. The normalized spacial score (nSPS) is 19.5. The maximum atomic E-state index is 12.5. The predicted octanol–water partition coefficient (Wildman–Crippen LogP) is 1.34. The molecule has 0 spiro atoms. The monoisotopic (exact) mass is 326 g/mol. The number of amides is 1.